The lowest BCUT2D eigenvalue weighted by atomic mass is 10.1. The Balaban J connectivity index is 1.48. The Kier molecular flexibility index (Phi) is 6.54. The van der Waals surface area contributed by atoms with Gasteiger partial charge in [-0.2, -0.15) is 4.34 Å². The average Bonchev–Trinajstić information content (AvgIpc) is 2.86. The van der Waals surface area contributed by atoms with Gasteiger partial charge in [0.15, 0.2) is 0 Å². The largest absolute Gasteiger partial charge is 0.363 e. The summed E-state index contributed by atoms with van der Waals surface area (Å²) in [4.78, 5) is 0. The molecule has 4 heteroatoms. The number of fused-ring (bicyclic) bond motifs is 1. The summed E-state index contributed by atoms with van der Waals surface area (Å²) >= 11 is 0. The topological polar surface area (TPSA) is 25.9 Å². The first-order valence-electron chi connectivity index (χ1n) is 8.95. The van der Waals surface area contributed by atoms with E-state index in [1.54, 1.807) is 0 Å². The summed E-state index contributed by atoms with van der Waals surface area (Å²) in [6.07, 6.45) is 18.6. The maximum absolute atomic E-state index is 12.3. The van der Waals surface area contributed by atoms with E-state index in [1.165, 1.54) is 64.2 Å². The van der Waals surface area contributed by atoms with Gasteiger partial charge in [0.05, 0.1) is 6.54 Å². The third-order valence-corrected chi connectivity index (χ3v) is 7.44. The van der Waals surface area contributed by atoms with E-state index in [-0.39, 0.29) is 0 Å². The Labute approximate surface area is 130 Å². The van der Waals surface area contributed by atoms with Gasteiger partial charge in [-0.05, 0) is 12.8 Å². The van der Waals surface area contributed by atoms with Crippen LogP contribution in [0.3, 0.4) is 0 Å². The molecule has 2 heterocycles. The van der Waals surface area contributed by atoms with E-state index in [1.807, 2.05) is 17.5 Å². The molecule has 0 bridgehead atoms. The second-order valence-electron chi connectivity index (χ2n) is 6.34. The van der Waals surface area contributed by atoms with Gasteiger partial charge >= 0.3 is 12.9 Å². The number of aromatic nitrogens is 2. The van der Waals surface area contributed by atoms with Gasteiger partial charge in [-0.25, -0.2) is 4.57 Å². The number of hydrogen-bond acceptors (Lipinski definition) is 1. The van der Waals surface area contributed by atoms with Crippen LogP contribution in [0.5, 0.6) is 0 Å². The summed E-state index contributed by atoms with van der Waals surface area (Å²) < 4.78 is 16.5. The molecule has 0 amide bonds. The molecule has 0 aromatic carbocycles. The van der Waals surface area contributed by atoms with Crippen LogP contribution in [-0.2, 0) is 11.1 Å². The smallest absolute Gasteiger partial charge is 0.260 e. The Hall–Kier alpha value is -0.560. The van der Waals surface area contributed by atoms with Gasteiger partial charge in [0.2, 0.25) is 0 Å². The highest BCUT2D eigenvalue weighted by Gasteiger charge is 2.58. The first-order chi connectivity index (χ1) is 10.2. The maximum atomic E-state index is 12.3. The van der Waals surface area contributed by atoms with Gasteiger partial charge in [-0.3, -0.25) is 4.57 Å². The van der Waals surface area contributed by atoms with Crippen LogP contribution < -0.4 is 10.1 Å². The van der Waals surface area contributed by atoms with Gasteiger partial charge in [-0.1, -0.05) is 65.2 Å². The Morgan fingerprint density at radius 2 is 1.52 bits per heavy atom. The van der Waals surface area contributed by atoms with Crippen LogP contribution >= 0.6 is 7.29 Å². The van der Waals surface area contributed by atoms with E-state index in [4.69, 9.17) is 0 Å². The minimum Gasteiger partial charge on any atom is -0.260 e. The average molecular weight is 311 g/mol. The van der Waals surface area contributed by atoms with E-state index in [0.29, 0.717) is 0 Å². The van der Waals surface area contributed by atoms with Gasteiger partial charge in [0.1, 0.15) is 12.4 Å². The highest BCUT2D eigenvalue weighted by molar-refractivity contribution is 7.76. The molecule has 0 spiro atoms. The standard InChI is InChI=1S/C17H32N2OP/c1-3-5-6-7-8-9-10-11-12-13-14-18-15-16-19-17(18)21(19,20)4-2/h15-16H,3-14H2,1-2H3/q+1. The summed E-state index contributed by atoms with van der Waals surface area (Å²) in [7, 11) is -2.06. The van der Waals surface area contributed by atoms with Crippen LogP contribution in [-0.4, -0.2) is 10.5 Å². The van der Waals surface area contributed by atoms with Crippen molar-refractivity contribution in [2.75, 3.05) is 6.16 Å². The predicted octanol–water partition coefficient (Wildman–Crippen LogP) is 4.48. The summed E-state index contributed by atoms with van der Waals surface area (Å²) in [5.74, 6) is 0. The molecule has 0 aliphatic carbocycles. The summed E-state index contributed by atoms with van der Waals surface area (Å²) in [5, 5.41) is 0. The van der Waals surface area contributed by atoms with Crippen molar-refractivity contribution >= 4 is 12.9 Å². The minimum absolute atomic E-state index is 0.779. The van der Waals surface area contributed by atoms with Crippen LogP contribution in [0.1, 0.15) is 78.1 Å². The molecule has 21 heavy (non-hydrogen) atoms. The van der Waals surface area contributed by atoms with Gasteiger partial charge in [-0.15, -0.1) is 0 Å². The number of nitrogens with zero attached hydrogens (tertiary/aromatic N) is 2. The third kappa shape index (κ3) is 4.22. The number of unbranched alkanes of at least 4 members (excludes halogenated alkanes) is 9. The SMILES string of the molecule is CCCCCCCCCCCC[n+]1ccn2c1P2(=O)CC. The normalized spacial score (nSPS) is 19.7. The molecule has 1 atom stereocenters. The van der Waals surface area contributed by atoms with Crippen molar-refractivity contribution in [2.45, 2.75) is 84.6 Å². The molecule has 3 nitrogen and oxygen atoms in total. The number of hydrogen-bond donors (Lipinski definition) is 0. The second-order valence-corrected chi connectivity index (χ2v) is 9.20. The summed E-state index contributed by atoms with van der Waals surface area (Å²) in [5.41, 5.74) is 1.10. The molecule has 0 fully saturated rings. The molecule has 0 radical (unpaired) electrons. The monoisotopic (exact) mass is 311 g/mol. The van der Waals surface area contributed by atoms with Crippen molar-refractivity contribution in [3.05, 3.63) is 12.4 Å². The van der Waals surface area contributed by atoms with Crippen molar-refractivity contribution < 1.29 is 9.13 Å². The Bertz CT molecular complexity index is 481. The number of aryl methyl sites for hydroxylation is 1. The van der Waals surface area contributed by atoms with Crippen molar-refractivity contribution in [3.8, 4) is 0 Å². The van der Waals surface area contributed by atoms with Crippen LogP contribution in [0, 0.1) is 0 Å². The summed E-state index contributed by atoms with van der Waals surface area (Å²) in [6.45, 7) is 5.34. The lowest BCUT2D eigenvalue weighted by Gasteiger charge is -2.01. The predicted molar refractivity (Wildman–Crippen MR) is 89.7 cm³/mol. The molecule has 2 rings (SSSR count). The fourth-order valence-electron chi connectivity index (χ4n) is 3.19. The van der Waals surface area contributed by atoms with E-state index in [0.717, 1.165) is 18.3 Å². The van der Waals surface area contributed by atoms with Crippen LogP contribution in [0.15, 0.2) is 12.4 Å². The molecule has 1 unspecified atom stereocenters. The van der Waals surface area contributed by atoms with Crippen LogP contribution in [0.2, 0.25) is 0 Å². The molecule has 120 valence electrons. The van der Waals surface area contributed by atoms with E-state index in [9.17, 15) is 4.57 Å². The first kappa shape index (κ1) is 16.8. The summed E-state index contributed by atoms with van der Waals surface area (Å²) in [6, 6.07) is 0. The Morgan fingerprint density at radius 3 is 2.05 bits per heavy atom. The van der Waals surface area contributed by atoms with Crippen molar-refractivity contribution in [2.24, 2.45) is 0 Å². The van der Waals surface area contributed by atoms with Gasteiger partial charge < -0.3 is 0 Å². The quantitative estimate of drug-likeness (QED) is 0.317. The molecule has 1 aliphatic rings. The zero-order chi connectivity index (χ0) is 15.1. The maximum Gasteiger partial charge on any atom is 0.363 e. The van der Waals surface area contributed by atoms with E-state index < -0.39 is 7.29 Å². The lowest BCUT2D eigenvalue weighted by Crippen LogP contribution is -2.41. The molecular formula is C17H32N2OP+. The molecule has 0 saturated carbocycles. The van der Waals surface area contributed by atoms with Crippen molar-refractivity contribution in [3.63, 3.8) is 0 Å². The van der Waals surface area contributed by atoms with E-state index >= 15 is 0 Å². The van der Waals surface area contributed by atoms with Crippen LogP contribution in [0.25, 0.3) is 0 Å². The van der Waals surface area contributed by atoms with Gasteiger partial charge in [0.25, 0.3) is 0 Å². The van der Waals surface area contributed by atoms with Gasteiger partial charge in [0, 0.05) is 6.16 Å². The van der Waals surface area contributed by atoms with Crippen molar-refractivity contribution in [1.29, 1.82) is 0 Å². The Morgan fingerprint density at radius 1 is 0.952 bits per heavy atom. The highest BCUT2D eigenvalue weighted by Crippen LogP contribution is 2.56. The third-order valence-electron chi connectivity index (χ3n) is 4.65. The second kappa shape index (κ2) is 8.17. The lowest BCUT2D eigenvalue weighted by molar-refractivity contribution is -0.677. The fraction of sp³-hybridized carbons (Fsp3) is 0.824. The highest BCUT2D eigenvalue weighted by atomic mass is 31.2. The fourth-order valence-corrected chi connectivity index (χ4v) is 5.58. The zero-order valence-corrected chi connectivity index (χ0v) is 14.8. The molecule has 1 aliphatic heterocycles. The molecule has 0 saturated heterocycles. The first-order valence-corrected chi connectivity index (χ1v) is 10.8. The number of imidazole rings is 1. The molecular weight excluding hydrogens is 279 g/mol. The minimum atomic E-state index is -2.06. The molecule has 1 aromatic rings. The number of rotatable bonds is 12. The van der Waals surface area contributed by atoms with Crippen molar-refractivity contribution in [1.82, 2.24) is 4.34 Å². The zero-order valence-electron chi connectivity index (χ0n) is 13.9. The molecule has 1 aromatic heterocycles. The van der Waals surface area contributed by atoms with E-state index in [2.05, 4.69) is 17.7 Å². The van der Waals surface area contributed by atoms with Crippen LogP contribution in [0.4, 0.5) is 0 Å². The molecule has 0 N–H and O–H groups in total.